The van der Waals surface area contributed by atoms with Crippen LogP contribution in [0.1, 0.15) is 31.0 Å². The van der Waals surface area contributed by atoms with Gasteiger partial charge in [-0.2, -0.15) is 0 Å². The van der Waals surface area contributed by atoms with Crippen LogP contribution in [0.2, 0.25) is 5.02 Å². The molecule has 1 aliphatic heterocycles. The fourth-order valence-electron chi connectivity index (χ4n) is 3.75. The average Bonchev–Trinajstić information content (AvgIpc) is 3.00. The molecule has 0 saturated carbocycles. The van der Waals surface area contributed by atoms with Crippen LogP contribution >= 0.6 is 11.6 Å². The third-order valence-corrected chi connectivity index (χ3v) is 5.80. The van der Waals surface area contributed by atoms with E-state index in [9.17, 15) is 19.1 Å². The number of halogens is 2. The summed E-state index contributed by atoms with van der Waals surface area (Å²) in [6.07, 6.45) is 0. The average molecular weight is 432 g/mol. The Morgan fingerprint density at radius 1 is 1.07 bits per heavy atom. The quantitative estimate of drug-likeness (QED) is 0.402. The van der Waals surface area contributed by atoms with Gasteiger partial charge < -0.3 is 14.9 Å². The van der Waals surface area contributed by atoms with E-state index in [0.717, 1.165) is 13.1 Å². The van der Waals surface area contributed by atoms with E-state index in [1.54, 1.807) is 24.3 Å². The minimum Gasteiger partial charge on any atom is -0.507 e. The molecule has 158 valence electrons. The van der Waals surface area contributed by atoms with Crippen molar-refractivity contribution in [2.45, 2.75) is 19.9 Å². The number of benzene rings is 2. The number of carbonyl (C=O) groups excluding carboxylic acids is 2. The fraction of sp³-hybridized carbons (Fsp3) is 0.304. The van der Waals surface area contributed by atoms with Gasteiger partial charge in [-0.1, -0.05) is 23.7 Å². The number of likely N-dealkylation sites (tertiary alicyclic amines) is 1. The number of amides is 1. The molecule has 0 aliphatic carbocycles. The molecule has 2 aromatic rings. The van der Waals surface area contributed by atoms with Crippen molar-refractivity contribution < 1.29 is 24.0 Å². The highest BCUT2D eigenvalue weighted by molar-refractivity contribution is 6.46. The number of aliphatic hydroxyl groups excluding tert-OH is 1. The molecule has 1 heterocycles. The lowest BCUT2D eigenvalue weighted by molar-refractivity contribution is -0.895. The molecule has 5 nitrogen and oxygen atoms in total. The lowest BCUT2D eigenvalue weighted by Gasteiger charge is -2.27. The molecular formula is C23H25ClFN2O3+. The summed E-state index contributed by atoms with van der Waals surface area (Å²) in [6.45, 7) is 6.93. The highest BCUT2D eigenvalue weighted by Gasteiger charge is 2.46. The second-order valence-electron chi connectivity index (χ2n) is 7.26. The van der Waals surface area contributed by atoms with Crippen LogP contribution in [0.4, 0.5) is 4.39 Å². The monoisotopic (exact) mass is 431 g/mol. The Bertz CT molecular complexity index is 953. The topological polar surface area (TPSA) is 62.0 Å². The van der Waals surface area contributed by atoms with Crippen LogP contribution in [0.5, 0.6) is 0 Å². The molecule has 30 heavy (non-hydrogen) atoms. The molecule has 1 fully saturated rings. The Balaban J connectivity index is 2.08. The van der Waals surface area contributed by atoms with Crippen LogP contribution in [0.3, 0.4) is 0 Å². The normalized spacial score (nSPS) is 18.4. The van der Waals surface area contributed by atoms with Gasteiger partial charge in [0, 0.05) is 10.6 Å². The van der Waals surface area contributed by atoms with E-state index in [1.165, 1.54) is 34.1 Å². The Morgan fingerprint density at radius 3 is 2.23 bits per heavy atom. The van der Waals surface area contributed by atoms with Crippen LogP contribution in [-0.4, -0.2) is 47.9 Å². The van der Waals surface area contributed by atoms with Crippen molar-refractivity contribution in [1.29, 1.82) is 0 Å². The predicted octanol–water partition coefficient (Wildman–Crippen LogP) is 2.83. The van der Waals surface area contributed by atoms with Gasteiger partial charge in [0.05, 0.1) is 37.8 Å². The number of nitrogens with one attached hydrogen (secondary N) is 1. The summed E-state index contributed by atoms with van der Waals surface area (Å²) >= 11 is 5.92. The van der Waals surface area contributed by atoms with E-state index in [4.69, 9.17) is 11.6 Å². The molecule has 2 aromatic carbocycles. The molecule has 1 aliphatic rings. The van der Waals surface area contributed by atoms with E-state index >= 15 is 0 Å². The van der Waals surface area contributed by atoms with Crippen LogP contribution in [0.25, 0.3) is 5.76 Å². The second-order valence-corrected chi connectivity index (χ2v) is 7.69. The van der Waals surface area contributed by atoms with Crippen molar-refractivity contribution in [2.75, 3.05) is 26.2 Å². The lowest BCUT2D eigenvalue weighted by Crippen LogP contribution is -3.12. The molecule has 1 saturated heterocycles. The van der Waals surface area contributed by atoms with Crippen LogP contribution in [-0.2, 0) is 9.59 Å². The first-order valence-corrected chi connectivity index (χ1v) is 10.4. The molecule has 7 heteroatoms. The van der Waals surface area contributed by atoms with Crippen molar-refractivity contribution in [2.24, 2.45) is 0 Å². The maximum atomic E-state index is 13.5. The highest BCUT2D eigenvalue weighted by atomic mass is 35.5. The van der Waals surface area contributed by atoms with E-state index in [1.807, 2.05) is 0 Å². The third kappa shape index (κ3) is 4.40. The highest BCUT2D eigenvalue weighted by Crippen LogP contribution is 2.39. The van der Waals surface area contributed by atoms with Gasteiger partial charge in [-0.05, 0) is 55.8 Å². The number of Topliss-reactive ketones (excluding diaryl/α,β-unsaturated/α-hetero) is 1. The number of hydrogen-bond donors (Lipinski definition) is 2. The predicted molar refractivity (Wildman–Crippen MR) is 114 cm³/mol. The summed E-state index contributed by atoms with van der Waals surface area (Å²) < 4.78 is 13.5. The molecule has 3 rings (SSSR count). The Labute approximate surface area is 180 Å². The van der Waals surface area contributed by atoms with Crippen molar-refractivity contribution >= 4 is 29.1 Å². The van der Waals surface area contributed by atoms with E-state index in [0.29, 0.717) is 29.2 Å². The minimum absolute atomic E-state index is 0.00322. The van der Waals surface area contributed by atoms with Gasteiger partial charge in [0.2, 0.25) is 0 Å². The van der Waals surface area contributed by atoms with Crippen LogP contribution in [0.15, 0.2) is 54.1 Å². The standard InChI is InChI=1S/C23H24ClFN2O3/c1-3-26(4-2)13-14-27-20(15-7-11-18(25)12-8-15)19(22(29)23(27)30)21(28)16-5-9-17(24)10-6-16/h5-12,20,28H,3-4,13-14H2,1-2H3/p+1/t20-/m0/s1. The van der Waals surface area contributed by atoms with E-state index < -0.39 is 23.5 Å². The molecule has 2 N–H and O–H groups in total. The zero-order valence-electron chi connectivity index (χ0n) is 17.0. The van der Waals surface area contributed by atoms with Crippen molar-refractivity contribution in [3.05, 3.63) is 76.1 Å². The maximum absolute atomic E-state index is 13.5. The van der Waals surface area contributed by atoms with E-state index in [2.05, 4.69) is 13.8 Å². The number of likely N-dealkylation sites (N-methyl/N-ethyl adjacent to an activating group) is 1. The summed E-state index contributed by atoms with van der Waals surface area (Å²) in [5.41, 5.74) is 0.961. The summed E-state index contributed by atoms with van der Waals surface area (Å²) in [5.74, 6) is -2.09. The number of quaternary nitrogens is 1. The Morgan fingerprint density at radius 2 is 1.67 bits per heavy atom. The number of aliphatic hydroxyl groups is 1. The number of nitrogens with zero attached hydrogens (tertiary/aromatic N) is 1. The summed E-state index contributed by atoms with van der Waals surface area (Å²) in [6, 6.07) is 11.3. The van der Waals surface area contributed by atoms with Gasteiger partial charge in [-0.15, -0.1) is 0 Å². The molecular weight excluding hydrogens is 407 g/mol. The van der Waals surface area contributed by atoms with Crippen molar-refractivity contribution in [1.82, 2.24) is 4.90 Å². The summed E-state index contributed by atoms with van der Waals surface area (Å²) in [7, 11) is 0. The summed E-state index contributed by atoms with van der Waals surface area (Å²) in [5, 5.41) is 11.4. The molecule has 1 atom stereocenters. The lowest BCUT2D eigenvalue weighted by atomic mass is 9.95. The Hall–Kier alpha value is -2.70. The first kappa shape index (κ1) is 22.0. The molecule has 1 amide bonds. The zero-order chi connectivity index (χ0) is 21.8. The number of ketones is 1. The van der Waals surface area contributed by atoms with Gasteiger partial charge in [-0.3, -0.25) is 9.59 Å². The van der Waals surface area contributed by atoms with Gasteiger partial charge >= 0.3 is 0 Å². The Kier molecular flexibility index (Phi) is 6.90. The molecule has 0 bridgehead atoms. The molecule has 0 spiro atoms. The SMILES string of the molecule is CC[NH+](CC)CCN1C(=O)C(=O)C(=C(O)c2ccc(Cl)cc2)[C@@H]1c1ccc(F)cc1. The van der Waals surface area contributed by atoms with Gasteiger partial charge in [0.25, 0.3) is 11.7 Å². The van der Waals surface area contributed by atoms with Crippen LogP contribution < -0.4 is 4.90 Å². The van der Waals surface area contributed by atoms with Gasteiger partial charge in [0.1, 0.15) is 11.6 Å². The first-order valence-electron chi connectivity index (χ1n) is 10.0. The smallest absolute Gasteiger partial charge is 0.295 e. The van der Waals surface area contributed by atoms with Crippen molar-refractivity contribution in [3.8, 4) is 0 Å². The molecule has 0 radical (unpaired) electrons. The number of carbonyl (C=O) groups is 2. The summed E-state index contributed by atoms with van der Waals surface area (Å²) in [4.78, 5) is 28.5. The minimum atomic E-state index is -0.781. The van der Waals surface area contributed by atoms with Crippen molar-refractivity contribution in [3.63, 3.8) is 0 Å². The second kappa shape index (κ2) is 9.41. The molecule has 0 unspecified atom stereocenters. The van der Waals surface area contributed by atoms with E-state index in [-0.39, 0.29) is 11.3 Å². The number of hydrogen-bond acceptors (Lipinski definition) is 3. The first-order chi connectivity index (χ1) is 14.4. The fourth-order valence-corrected chi connectivity index (χ4v) is 3.87. The molecule has 0 aromatic heterocycles. The van der Waals surface area contributed by atoms with Crippen LogP contribution in [0, 0.1) is 5.82 Å². The number of rotatable bonds is 7. The van der Waals surface area contributed by atoms with Gasteiger partial charge in [-0.25, -0.2) is 4.39 Å². The largest absolute Gasteiger partial charge is 0.507 e. The van der Waals surface area contributed by atoms with Gasteiger partial charge in [0.15, 0.2) is 0 Å². The zero-order valence-corrected chi connectivity index (χ0v) is 17.7. The maximum Gasteiger partial charge on any atom is 0.295 e. The third-order valence-electron chi connectivity index (χ3n) is 5.55.